The van der Waals surface area contributed by atoms with Gasteiger partial charge in [0.15, 0.2) is 6.61 Å². The summed E-state index contributed by atoms with van der Waals surface area (Å²) < 4.78 is 38.3. The summed E-state index contributed by atoms with van der Waals surface area (Å²) in [5, 5.41) is -0.914. The van der Waals surface area contributed by atoms with Crippen molar-refractivity contribution >= 4 is 39.6 Å². The number of thioether (sulfide) groups is 1. The Balaban J connectivity index is 1.55. The van der Waals surface area contributed by atoms with Crippen LogP contribution in [0.1, 0.15) is 13.3 Å². The standard InChI is InChI=1S/C13H14O8S2/c1-5(2)9(15)13(16)19-4-8(14)20-10-6-3-7-12(22-6)11(10)21-23(7,17)18/h6-7,10-12H,1,3-4H2,2H3. The maximum atomic E-state index is 11.8. The van der Waals surface area contributed by atoms with Crippen LogP contribution in [0.5, 0.6) is 0 Å². The van der Waals surface area contributed by atoms with Crippen LogP contribution < -0.4 is 0 Å². The molecule has 3 aliphatic rings. The Bertz CT molecular complexity index is 697. The van der Waals surface area contributed by atoms with E-state index in [9.17, 15) is 22.8 Å². The average molecular weight is 362 g/mol. The van der Waals surface area contributed by atoms with Gasteiger partial charge in [-0.15, -0.1) is 11.8 Å². The molecule has 3 saturated heterocycles. The van der Waals surface area contributed by atoms with Crippen molar-refractivity contribution in [1.82, 2.24) is 0 Å². The second kappa shape index (κ2) is 5.60. The van der Waals surface area contributed by atoms with Gasteiger partial charge in [-0.25, -0.2) is 9.59 Å². The lowest BCUT2D eigenvalue weighted by Crippen LogP contribution is -2.42. The second-order valence-corrected chi connectivity index (χ2v) is 8.81. The van der Waals surface area contributed by atoms with E-state index in [1.165, 1.54) is 18.7 Å². The molecule has 0 radical (unpaired) electrons. The molecule has 0 aromatic heterocycles. The number of carbonyl (C=O) groups is 3. The molecule has 5 unspecified atom stereocenters. The summed E-state index contributed by atoms with van der Waals surface area (Å²) >= 11 is 1.44. The van der Waals surface area contributed by atoms with Gasteiger partial charge in [-0.1, -0.05) is 6.58 Å². The van der Waals surface area contributed by atoms with Crippen molar-refractivity contribution in [2.45, 2.75) is 41.3 Å². The van der Waals surface area contributed by atoms with E-state index >= 15 is 0 Å². The second-order valence-electron chi connectivity index (χ2n) is 5.61. The van der Waals surface area contributed by atoms with Crippen molar-refractivity contribution in [3.63, 3.8) is 0 Å². The van der Waals surface area contributed by atoms with Crippen LogP contribution >= 0.6 is 11.8 Å². The molecule has 126 valence electrons. The minimum Gasteiger partial charge on any atom is -0.456 e. The van der Waals surface area contributed by atoms with Gasteiger partial charge in [0.05, 0.1) is 5.25 Å². The topological polar surface area (TPSA) is 113 Å². The van der Waals surface area contributed by atoms with E-state index in [0.717, 1.165) is 0 Å². The number of fused-ring (bicyclic) bond motifs is 1. The summed E-state index contributed by atoms with van der Waals surface area (Å²) in [6.07, 6.45) is -1.01. The number of ether oxygens (including phenoxy) is 2. The molecule has 10 heteroatoms. The zero-order valence-electron chi connectivity index (χ0n) is 12.1. The number of hydrogen-bond acceptors (Lipinski definition) is 9. The minimum absolute atomic E-state index is 0.00322. The number of ketones is 1. The molecular weight excluding hydrogens is 348 g/mol. The Kier molecular flexibility index (Phi) is 4.01. The maximum absolute atomic E-state index is 11.8. The van der Waals surface area contributed by atoms with Crippen molar-refractivity contribution in [2.24, 2.45) is 0 Å². The average Bonchev–Trinajstić information content (AvgIpc) is 3.08. The first-order valence-corrected chi connectivity index (χ1v) is 9.26. The molecule has 23 heavy (non-hydrogen) atoms. The fourth-order valence-electron chi connectivity index (χ4n) is 2.92. The quantitative estimate of drug-likeness (QED) is 0.278. The van der Waals surface area contributed by atoms with Gasteiger partial charge in [0.25, 0.3) is 15.9 Å². The number of hydrogen-bond donors (Lipinski definition) is 0. The zero-order chi connectivity index (χ0) is 16.9. The van der Waals surface area contributed by atoms with Crippen molar-refractivity contribution in [3.05, 3.63) is 12.2 Å². The van der Waals surface area contributed by atoms with Gasteiger partial charge in [-0.05, 0) is 18.9 Å². The molecule has 0 amide bonds. The van der Waals surface area contributed by atoms with Gasteiger partial charge < -0.3 is 9.47 Å². The Hall–Kier alpha value is -1.39. The van der Waals surface area contributed by atoms with Gasteiger partial charge in [0.1, 0.15) is 17.5 Å². The van der Waals surface area contributed by atoms with E-state index in [1.54, 1.807) is 0 Å². The fraction of sp³-hybridized carbons (Fsp3) is 0.615. The predicted octanol–water partition coefficient (Wildman–Crippen LogP) is -0.428. The van der Waals surface area contributed by atoms with Crippen LogP contribution in [0.4, 0.5) is 0 Å². The van der Waals surface area contributed by atoms with Gasteiger partial charge in [0, 0.05) is 5.25 Å². The molecule has 3 fully saturated rings. The summed E-state index contributed by atoms with van der Waals surface area (Å²) in [5.74, 6) is -2.95. The normalized spacial score (nSPS) is 35.8. The van der Waals surface area contributed by atoms with E-state index in [0.29, 0.717) is 6.42 Å². The molecule has 0 aromatic rings. The highest BCUT2D eigenvalue weighted by atomic mass is 32.2. The number of carbonyl (C=O) groups excluding carboxylic acids is 3. The smallest absolute Gasteiger partial charge is 0.379 e. The molecule has 0 N–H and O–H groups in total. The van der Waals surface area contributed by atoms with Crippen molar-refractivity contribution in [2.75, 3.05) is 6.61 Å². The van der Waals surface area contributed by atoms with Crippen molar-refractivity contribution in [1.29, 1.82) is 0 Å². The molecule has 3 aliphatic heterocycles. The van der Waals surface area contributed by atoms with E-state index in [1.807, 2.05) is 0 Å². The molecule has 5 atom stereocenters. The zero-order valence-corrected chi connectivity index (χ0v) is 13.7. The first kappa shape index (κ1) is 16.5. The molecule has 0 aliphatic carbocycles. The third kappa shape index (κ3) is 2.79. The summed E-state index contributed by atoms with van der Waals surface area (Å²) in [6, 6.07) is 0. The first-order valence-electron chi connectivity index (χ1n) is 6.84. The van der Waals surface area contributed by atoms with Gasteiger partial charge in [-0.2, -0.15) is 8.42 Å². The SMILES string of the molecule is C=C(C)C(=O)C(=O)OCC(=O)OC1C2CC3C(S2)C1OS3(=O)=O. The third-order valence-corrected chi connectivity index (χ3v) is 7.57. The van der Waals surface area contributed by atoms with E-state index in [4.69, 9.17) is 8.92 Å². The molecule has 3 heterocycles. The lowest BCUT2D eigenvalue weighted by molar-refractivity contribution is -0.166. The van der Waals surface area contributed by atoms with Crippen LogP contribution in [0.2, 0.25) is 0 Å². The van der Waals surface area contributed by atoms with Crippen LogP contribution in [-0.4, -0.2) is 60.7 Å². The molecule has 0 saturated carbocycles. The number of rotatable bonds is 5. The lowest BCUT2D eigenvalue weighted by atomic mass is 9.94. The monoisotopic (exact) mass is 362 g/mol. The number of esters is 2. The molecule has 3 rings (SSSR count). The Labute approximate surface area is 136 Å². The summed E-state index contributed by atoms with van der Waals surface area (Å²) in [6.45, 7) is 3.94. The largest absolute Gasteiger partial charge is 0.456 e. The minimum atomic E-state index is -3.60. The van der Waals surface area contributed by atoms with Crippen LogP contribution in [0.15, 0.2) is 12.2 Å². The van der Waals surface area contributed by atoms with Gasteiger partial charge in [-0.3, -0.25) is 8.98 Å². The predicted molar refractivity (Wildman–Crippen MR) is 78.0 cm³/mol. The van der Waals surface area contributed by atoms with E-state index in [-0.39, 0.29) is 16.1 Å². The molecule has 0 spiro atoms. The highest BCUT2D eigenvalue weighted by Gasteiger charge is 2.66. The Morgan fingerprint density at radius 2 is 2.04 bits per heavy atom. The molecular formula is C13H14O8S2. The summed E-state index contributed by atoms with van der Waals surface area (Å²) in [4.78, 5) is 34.3. The molecule has 8 nitrogen and oxygen atoms in total. The summed E-state index contributed by atoms with van der Waals surface area (Å²) in [7, 11) is -3.60. The summed E-state index contributed by atoms with van der Waals surface area (Å²) in [5.41, 5.74) is 0.00322. The first-order chi connectivity index (χ1) is 10.7. The Morgan fingerprint density at radius 1 is 1.35 bits per heavy atom. The highest BCUT2D eigenvalue weighted by Crippen LogP contribution is 2.55. The van der Waals surface area contributed by atoms with E-state index in [2.05, 4.69) is 11.3 Å². The van der Waals surface area contributed by atoms with Crippen LogP contribution in [0.3, 0.4) is 0 Å². The van der Waals surface area contributed by atoms with Crippen LogP contribution in [0, 0.1) is 0 Å². The Morgan fingerprint density at radius 3 is 2.70 bits per heavy atom. The van der Waals surface area contributed by atoms with Gasteiger partial charge in [0.2, 0.25) is 0 Å². The number of Topliss-reactive ketones (excluding diaryl/α,β-unsaturated/α-hetero) is 1. The third-order valence-electron chi connectivity index (χ3n) is 3.95. The van der Waals surface area contributed by atoms with Crippen molar-refractivity contribution in [3.8, 4) is 0 Å². The fourth-order valence-corrected chi connectivity index (χ4v) is 7.06. The van der Waals surface area contributed by atoms with Crippen LogP contribution in [-0.2, 0) is 38.2 Å². The maximum Gasteiger partial charge on any atom is 0.379 e. The van der Waals surface area contributed by atoms with Gasteiger partial charge >= 0.3 is 11.9 Å². The highest BCUT2D eigenvalue weighted by molar-refractivity contribution is 8.03. The van der Waals surface area contributed by atoms with Crippen molar-refractivity contribution < 1.29 is 36.5 Å². The van der Waals surface area contributed by atoms with E-state index < -0.39 is 51.9 Å². The molecule has 0 aromatic carbocycles. The molecule has 2 bridgehead atoms. The lowest BCUT2D eigenvalue weighted by Gasteiger charge is -2.23. The van der Waals surface area contributed by atoms with Crippen LogP contribution in [0.25, 0.3) is 0 Å².